The van der Waals surface area contributed by atoms with E-state index < -0.39 is 0 Å². The van der Waals surface area contributed by atoms with Gasteiger partial charge in [0.15, 0.2) is 0 Å². The maximum Gasteiger partial charge on any atom is 0.0859 e. The topological polar surface area (TPSA) is 24.7 Å². The quantitative estimate of drug-likeness (QED) is 0.0934. The third kappa shape index (κ3) is 14.3. The summed E-state index contributed by atoms with van der Waals surface area (Å²) in [4.78, 5) is 0. The van der Waals surface area contributed by atoms with Gasteiger partial charge in [0.2, 0.25) is 0 Å². The second kappa shape index (κ2) is 22.3. The second-order valence-corrected chi connectivity index (χ2v) is 12.7. The van der Waals surface area contributed by atoms with Crippen molar-refractivity contribution in [1.82, 2.24) is 0 Å². The Bertz CT molecular complexity index is 1060. The lowest BCUT2D eigenvalue weighted by atomic mass is 9.88. The molecule has 0 aliphatic carbocycles. The van der Waals surface area contributed by atoms with E-state index in [0.29, 0.717) is 0 Å². The first-order valence-corrected chi connectivity index (χ1v) is 17.9. The minimum absolute atomic E-state index is 0.969. The molecule has 2 heteroatoms. The summed E-state index contributed by atoms with van der Waals surface area (Å²) in [7, 11) is 0. The molecule has 0 amide bonds. The van der Waals surface area contributed by atoms with Gasteiger partial charge in [0.1, 0.15) is 0 Å². The van der Waals surface area contributed by atoms with Crippen LogP contribution < -0.4 is 0 Å². The number of rotatable bonds is 23. The van der Waals surface area contributed by atoms with E-state index in [1.165, 1.54) is 139 Å². The normalized spacial score (nSPS) is 12.1. The van der Waals surface area contributed by atoms with Crippen LogP contribution in [0.4, 0.5) is 5.69 Å². The van der Waals surface area contributed by atoms with Crippen LogP contribution in [0.3, 0.4) is 0 Å². The molecule has 0 atom stereocenters. The van der Waals surface area contributed by atoms with Gasteiger partial charge in [0, 0.05) is 0 Å². The molecule has 0 radical (unpaired) electrons. The summed E-state index contributed by atoms with van der Waals surface area (Å²) in [6.45, 7) is 13.5. The first kappa shape index (κ1) is 36.0. The van der Waals surface area contributed by atoms with Gasteiger partial charge in [-0.1, -0.05) is 123 Å². The van der Waals surface area contributed by atoms with E-state index in [2.05, 4.69) is 88.2 Å². The fourth-order valence-electron chi connectivity index (χ4n) is 6.00. The Kier molecular flexibility index (Phi) is 19.1. The molecule has 2 nitrogen and oxygen atoms in total. The van der Waals surface area contributed by atoms with E-state index >= 15 is 0 Å². The van der Waals surface area contributed by atoms with E-state index in [1.807, 2.05) is 0 Å². The van der Waals surface area contributed by atoms with Crippen LogP contribution in [0.2, 0.25) is 0 Å². The largest absolute Gasteiger partial charge is 0.155 e. The van der Waals surface area contributed by atoms with Crippen molar-refractivity contribution < 1.29 is 0 Å². The number of hydrogen-bond acceptors (Lipinski definition) is 2. The van der Waals surface area contributed by atoms with Crippen molar-refractivity contribution in [3.05, 3.63) is 69.4 Å². The Morgan fingerprint density at radius 3 is 1.69 bits per heavy atom. The van der Waals surface area contributed by atoms with Crippen molar-refractivity contribution in [2.45, 2.75) is 170 Å². The van der Waals surface area contributed by atoms with Crippen molar-refractivity contribution in [3.8, 4) is 0 Å². The minimum atomic E-state index is 0.969. The van der Waals surface area contributed by atoms with Crippen molar-refractivity contribution >= 4 is 11.8 Å². The molecule has 0 aromatic heterocycles. The van der Waals surface area contributed by atoms with Gasteiger partial charge in [-0.15, -0.1) is 0 Å². The van der Waals surface area contributed by atoms with Crippen molar-refractivity contribution in [3.63, 3.8) is 0 Å². The van der Waals surface area contributed by atoms with Gasteiger partial charge in [0.05, 0.1) is 11.4 Å². The average molecular weight is 573 g/mol. The zero-order chi connectivity index (χ0) is 30.4. The van der Waals surface area contributed by atoms with Crippen LogP contribution in [0, 0.1) is 6.92 Å². The number of hydrogen-bond donors (Lipinski definition) is 0. The lowest BCUT2D eigenvalue weighted by molar-refractivity contribution is 0.607. The molecule has 2 aromatic carbocycles. The SMILES string of the molecule is CCCCCCCCc1cc(N=NC(C)=Cc2cc(CCCC)c(CCCCCC)c(CCCCCC)c2)ccc1C. The van der Waals surface area contributed by atoms with Crippen molar-refractivity contribution in [1.29, 1.82) is 0 Å². The predicted octanol–water partition coefficient (Wildman–Crippen LogP) is 13.6. The van der Waals surface area contributed by atoms with Crippen LogP contribution in [-0.4, -0.2) is 0 Å². The lowest BCUT2D eigenvalue weighted by Gasteiger charge is -2.17. The molecule has 0 spiro atoms. The van der Waals surface area contributed by atoms with Gasteiger partial charge < -0.3 is 0 Å². The molecule has 0 N–H and O–H groups in total. The number of allylic oxidation sites excluding steroid dienone is 1. The third-order valence-electron chi connectivity index (χ3n) is 8.67. The maximum absolute atomic E-state index is 4.68. The summed E-state index contributed by atoms with van der Waals surface area (Å²) in [6, 6.07) is 11.5. The lowest BCUT2D eigenvalue weighted by Crippen LogP contribution is -2.03. The van der Waals surface area contributed by atoms with Gasteiger partial charge in [-0.05, 0) is 117 Å². The zero-order valence-corrected chi connectivity index (χ0v) is 28.5. The average Bonchev–Trinajstić information content (AvgIpc) is 2.99. The molecule has 0 saturated heterocycles. The van der Waals surface area contributed by atoms with Crippen molar-refractivity contribution in [2.24, 2.45) is 10.2 Å². The molecule has 0 fully saturated rings. The molecule has 0 unspecified atom stereocenters. The highest BCUT2D eigenvalue weighted by molar-refractivity contribution is 5.57. The summed E-state index contributed by atoms with van der Waals surface area (Å²) in [5, 5.41) is 9.35. The van der Waals surface area contributed by atoms with Crippen LogP contribution in [0.25, 0.3) is 6.08 Å². The number of benzene rings is 2. The number of nitrogens with zero attached hydrogens (tertiary/aromatic N) is 2. The Labute approximate surface area is 260 Å². The van der Waals surface area contributed by atoms with Crippen LogP contribution in [0.15, 0.2) is 46.3 Å². The second-order valence-electron chi connectivity index (χ2n) is 12.7. The molecule has 0 heterocycles. The monoisotopic (exact) mass is 573 g/mol. The molecular weight excluding hydrogens is 508 g/mol. The van der Waals surface area contributed by atoms with Gasteiger partial charge in [-0.2, -0.15) is 10.2 Å². The summed E-state index contributed by atoms with van der Waals surface area (Å²) < 4.78 is 0. The zero-order valence-electron chi connectivity index (χ0n) is 28.5. The molecule has 2 rings (SSSR count). The standard InChI is InChI=1S/C40H64N2/c1-7-11-15-18-19-21-24-36-32-39(28-27-33(36)5)42-41-34(6)29-35-30-37(23-14-10-4)40(26-22-17-13-9-3)38(31-35)25-20-16-12-8-2/h27-32H,7-26H2,1-6H3. The Morgan fingerprint density at radius 1 is 0.571 bits per heavy atom. The first-order valence-electron chi connectivity index (χ1n) is 17.9. The number of azo groups is 1. The van der Waals surface area contributed by atoms with Crippen LogP contribution >= 0.6 is 0 Å². The molecule has 2 aromatic rings. The molecule has 0 bridgehead atoms. The smallest absolute Gasteiger partial charge is 0.0859 e. The predicted molar refractivity (Wildman–Crippen MR) is 187 cm³/mol. The van der Waals surface area contributed by atoms with Crippen LogP contribution in [0.5, 0.6) is 0 Å². The first-order chi connectivity index (χ1) is 20.5. The van der Waals surface area contributed by atoms with E-state index in [1.54, 1.807) is 16.7 Å². The maximum atomic E-state index is 4.68. The highest BCUT2D eigenvalue weighted by atomic mass is 15.1. The molecule has 0 aliphatic heterocycles. The minimum Gasteiger partial charge on any atom is -0.155 e. The summed E-state index contributed by atoms with van der Waals surface area (Å²) >= 11 is 0. The van der Waals surface area contributed by atoms with Gasteiger partial charge >= 0.3 is 0 Å². The highest BCUT2D eigenvalue weighted by Gasteiger charge is 2.11. The van der Waals surface area contributed by atoms with Crippen LogP contribution in [-0.2, 0) is 25.7 Å². The van der Waals surface area contributed by atoms with E-state index in [-0.39, 0.29) is 0 Å². The van der Waals surface area contributed by atoms with Gasteiger partial charge in [0.25, 0.3) is 0 Å². The van der Waals surface area contributed by atoms with E-state index in [4.69, 9.17) is 0 Å². The molecular formula is C40H64N2. The van der Waals surface area contributed by atoms with Gasteiger partial charge in [-0.3, -0.25) is 0 Å². The highest BCUT2D eigenvalue weighted by Crippen LogP contribution is 2.27. The van der Waals surface area contributed by atoms with Gasteiger partial charge in [-0.25, -0.2) is 0 Å². The Balaban J connectivity index is 2.22. The van der Waals surface area contributed by atoms with E-state index in [9.17, 15) is 0 Å². The van der Waals surface area contributed by atoms with Crippen molar-refractivity contribution in [2.75, 3.05) is 0 Å². The van der Waals surface area contributed by atoms with E-state index in [0.717, 1.165) is 17.8 Å². The Morgan fingerprint density at radius 2 is 1.07 bits per heavy atom. The van der Waals surface area contributed by atoms with Crippen LogP contribution in [0.1, 0.15) is 171 Å². The fourth-order valence-corrected chi connectivity index (χ4v) is 6.00. The number of unbranched alkanes of at least 4 members (excludes halogenated alkanes) is 12. The number of aryl methyl sites for hydroxylation is 4. The molecule has 234 valence electrons. The third-order valence-corrected chi connectivity index (χ3v) is 8.67. The summed E-state index contributed by atoms with van der Waals surface area (Å²) in [6.07, 6.45) is 28.1. The summed E-state index contributed by atoms with van der Waals surface area (Å²) in [5.74, 6) is 0. The molecule has 0 aliphatic rings. The fraction of sp³-hybridized carbons (Fsp3) is 0.650. The summed E-state index contributed by atoms with van der Waals surface area (Å²) in [5.41, 5.74) is 10.9. The Hall–Kier alpha value is -2.22. The molecule has 0 saturated carbocycles. The molecule has 42 heavy (non-hydrogen) atoms.